The summed E-state index contributed by atoms with van der Waals surface area (Å²) in [6, 6.07) is 18.4. The van der Waals surface area contributed by atoms with Crippen molar-refractivity contribution in [1.29, 1.82) is 0 Å². The van der Waals surface area contributed by atoms with Gasteiger partial charge in [0.1, 0.15) is 11.6 Å². The second-order valence-corrected chi connectivity index (χ2v) is 7.19. The third-order valence-electron chi connectivity index (χ3n) is 4.61. The van der Waals surface area contributed by atoms with Crippen molar-refractivity contribution >= 4 is 40.2 Å². The van der Waals surface area contributed by atoms with Crippen molar-refractivity contribution in [3.05, 3.63) is 89.0 Å². The first kappa shape index (κ1) is 20.6. The van der Waals surface area contributed by atoms with Crippen molar-refractivity contribution in [2.24, 2.45) is 0 Å². The van der Waals surface area contributed by atoms with E-state index >= 15 is 0 Å². The monoisotopic (exact) mass is 437 g/mol. The molecule has 0 spiro atoms. The number of rotatable bonds is 5. The number of amides is 1. The number of para-hydroxylation sites is 1. The van der Waals surface area contributed by atoms with Crippen LogP contribution in [0.2, 0.25) is 5.02 Å². The average molecular weight is 438 g/mol. The number of imidazole rings is 1. The maximum Gasteiger partial charge on any atom is 0.338 e. The van der Waals surface area contributed by atoms with E-state index in [1.165, 1.54) is 12.1 Å². The smallest absolute Gasteiger partial charge is 0.338 e. The maximum atomic E-state index is 13.1. The van der Waals surface area contributed by atoms with Gasteiger partial charge in [0.15, 0.2) is 6.61 Å². The number of hydrogen-bond donors (Lipinski definition) is 1. The van der Waals surface area contributed by atoms with Crippen molar-refractivity contribution in [3.63, 3.8) is 0 Å². The fourth-order valence-corrected chi connectivity index (χ4v) is 3.44. The summed E-state index contributed by atoms with van der Waals surface area (Å²) in [5.74, 6) is -0.988. The van der Waals surface area contributed by atoms with E-state index in [2.05, 4.69) is 10.3 Å². The standard InChI is InChI=1S/C23H17ClFN3O3/c1-14-26-20-11-15(7-10-21(20)28(14)17-5-3-2-4-6-17)23(30)31-13-22(29)27-19-9-8-16(25)12-18(19)24/h2-12H,13H2,1H3,(H,27,29). The molecule has 6 nitrogen and oxygen atoms in total. The molecule has 156 valence electrons. The molecular formula is C23H17ClFN3O3. The van der Waals surface area contributed by atoms with Crippen LogP contribution in [0.1, 0.15) is 16.2 Å². The van der Waals surface area contributed by atoms with Crippen LogP contribution in [0.3, 0.4) is 0 Å². The average Bonchev–Trinajstić information content (AvgIpc) is 3.09. The normalized spacial score (nSPS) is 10.8. The Hall–Kier alpha value is -3.71. The molecule has 0 saturated carbocycles. The van der Waals surface area contributed by atoms with Crippen molar-refractivity contribution in [2.75, 3.05) is 11.9 Å². The van der Waals surface area contributed by atoms with Gasteiger partial charge in [-0.3, -0.25) is 9.36 Å². The Labute approximate surface area is 182 Å². The highest BCUT2D eigenvalue weighted by Gasteiger charge is 2.15. The van der Waals surface area contributed by atoms with Crippen LogP contribution in [0.25, 0.3) is 16.7 Å². The van der Waals surface area contributed by atoms with Gasteiger partial charge >= 0.3 is 5.97 Å². The molecule has 0 saturated heterocycles. The lowest BCUT2D eigenvalue weighted by Gasteiger charge is -2.09. The molecule has 0 radical (unpaired) electrons. The third kappa shape index (κ3) is 4.41. The molecule has 0 bridgehead atoms. The molecule has 1 heterocycles. The lowest BCUT2D eigenvalue weighted by atomic mass is 10.2. The number of hydrogen-bond acceptors (Lipinski definition) is 4. The van der Waals surface area contributed by atoms with E-state index in [1.54, 1.807) is 18.2 Å². The Morgan fingerprint density at radius 3 is 2.61 bits per heavy atom. The Balaban J connectivity index is 1.46. The van der Waals surface area contributed by atoms with E-state index in [4.69, 9.17) is 16.3 Å². The van der Waals surface area contributed by atoms with Crippen LogP contribution in [0, 0.1) is 12.7 Å². The minimum atomic E-state index is -0.658. The first-order valence-corrected chi connectivity index (χ1v) is 9.77. The number of carbonyl (C=O) groups is 2. The summed E-state index contributed by atoms with van der Waals surface area (Å²) in [5, 5.41) is 2.52. The molecule has 31 heavy (non-hydrogen) atoms. The van der Waals surface area contributed by atoms with Crippen LogP contribution in [0.4, 0.5) is 10.1 Å². The number of ether oxygens (including phenoxy) is 1. The van der Waals surface area contributed by atoms with E-state index in [9.17, 15) is 14.0 Å². The zero-order valence-electron chi connectivity index (χ0n) is 16.4. The minimum Gasteiger partial charge on any atom is -0.452 e. The van der Waals surface area contributed by atoms with Gasteiger partial charge < -0.3 is 10.1 Å². The topological polar surface area (TPSA) is 73.2 Å². The number of benzene rings is 3. The van der Waals surface area contributed by atoms with Gasteiger partial charge in [-0.05, 0) is 55.5 Å². The molecule has 0 fully saturated rings. The summed E-state index contributed by atoms with van der Waals surface area (Å²) >= 11 is 5.88. The second-order valence-electron chi connectivity index (χ2n) is 6.78. The zero-order valence-corrected chi connectivity index (χ0v) is 17.2. The number of carbonyl (C=O) groups excluding carboxylic acids is 2. The molecule has 0 aliphatic rings. The van der Waals surface area contributed by atoms with Crippen LogP contribution in [-0.2, 0) is 9.53 Å². The molecule has 3 aromatic carbocycles. The third-order valence-corrected chi connectivity index (χ3v) is 4.92. The highest BCUT2D eigenvalue weighted by atomic mass is 35.5. The fraction of sp³-hybridized carbons (Fsp3) is 0.0870. The van der Waals surface area contributed by atoms with E-state index in [-0.39, 0.29) is 16.3 Å². The number of anilines is 1. The van der Waals surface area contributed by atoms with Crippen molar-refractivity contribution in [1.82, 2.24) is 9.55 Å². The Morgan fingerprint density at radius 1 is 1.10 bits per heavy atom. The molecule has 8 heteroatoms. The predicted molar refractivity (Wildman–Crippen MR) is 116 cm³/mol. The summed E-state index contributed by atoms with van der Waals surface area (Å²) in [4.78, 5) is 29.0. The highest BCUT2D eigenvalue weighted by Crippen LogP contribution is 2.23. The molecule has 0 atom stereocenters. The Morgan fingerprint density at radius 2 is 1.87 bits per heavy atom. The number of esters is 1. The summed E-state index contributed by atoms with van der Waals surface area (Å²) in [5.41, 5.74) is 2.96. The number of aryl methyl sites for hydroxylation is 1. The Kier molecular flexibility index (Phi) is 5.68. The fourth-order valence-electron chi connectivity index (χ4n) is 3.22. The number of aromatic nitrogens is 2. The van der Waals surface area contributed by atoms with Crippen molar-refractivity contribution < 1.29 is 18.7 Å². The lowest BCUT2D eigenvalue weighted by molar-refractivity contribution is -0.119. The first-order chi connectivity index (χ1) is 14.9. The molecule has 0 aliphatic heterocycles. The summed E-state index contributed by atoms with van der Waals surface area (Å²) < 4.78 is 20.2. The zero-order chi connectivity index (χ0) is 22.0. The van der Waals surface area contributed by atoms with Gasteiger partial charge in [-0.25, -0.2) is 14.2 Å². The molecule has 4 rings (SSSR count). The predicted octanol–water partition coefficient (Wildman–Crippen LogP) is 4.92. The minimum absolute atomic E-state index is 0.0505. The van der Waals surface area contributed by atoms with Gasteiger partial charge in [0.2, 0.25) is 0 Å². The van der Waals surface area contributed by atoms with Gasteiger partial charge in [-0.1, -0.05) is 29.8 Å². The van der Waals surface area contributed by atoms with Gasteiger partial charge in [0, 0.05) is 5.69 Å². The van der Waals surface area contributed by atoms with E-state index in [0.717, 1.165) is 23.1 Å². The molecule has 4 aromatic rings. The van der Waals surface area contributed by atoms with Gasteiger partial charge in [-0.2, -0.15) is 0 Å². The number of nitrogens with zero attached hydrogens (tertiary/aromatic N) is 2. The molecule has 1 amide bonds. The second kappa shape index (κ2) is 8.57. The van der Waals surface area contributed by atoms with Crippen molar-refractivity contribution in [2.45, 2.75) is 6.92 Å². The summed E-state index contributed by atoms with van der Waals surface area (Å²) in [6.07, 6.45) is 0. The van der Waals surface area contributed by atoms with Crippen LogP contribution in [0.5, 0.6) is 0 Å². The van der Waals surface area contributed by atoms with Gasteiger partial charge in [0.25, 0.3) is 5.91 Å². The van der Waals surface area contributed by atoms with Crippen LogP contribution >= 0.6 is 11.6 Å². The maximum absolute atomic E-state index is 13.1. The van der Waals surface area contributed by atoms with Crippen LogP contribution in [0.15, 0.2) is 66.7 Å². The van der Waals surface area contributed by atoms with Crippen molar-refractivity contribution in [3.8, 4) is 5.69 Å². The van der Waals surface area contributed by atoms with Crippen LogP contribution in [-0.4, -0.2) is 28.0 Å². The summed E-state index contributed by atoms with van der Waals surface area (Å²) in [7, 11) is 0. The largest absolute Gasteiger partial charge is 0.452 e. The molecule has 0 unspecified atom stereocenters. The van der Waals surface area contributed by atoms with E-state index in [0.29, 0.717) is 5.52 Å². The lowest BCUT2D eigenvalue weighted by Crippen LogP contribution is -2.21. The van der Waals surface area contributed by atoms with Gasteiger partial charge in [-0.15, -0.1) is 0 Å². The number of fused-ring (bicyclic) bond motifs is 1. The molecule has 0 aliphatic carbocycles. The quantitative estimate of drug-likeness (QED) is 0.450. The first-order valence-electron chi connectivity index (χ1n) is 9.39. The van der Waals surface area contributed by atoms with E-state index < -0.39 is 24.3 Å². The highest BCUT2D eigenvalue weighted by molar-refractivity contribution is 6.33. The van der Waals surface area contributed by atoms with Gasteiger partial charge in [0.05, 0.1) is 27.3 Å². The number of halogens is 2. The SMILES string of the molecule is Cc1nc2cc(C(=O)OCC(=O)Nc3ccc(F)cc3Cl)ccc2n1-c1ccccc1. The van der Waals surface area contributed by atoms with Crippen LogP contribution < -0.4 is 5.32 Å². The molecule has 1 aromatic heterocycles. The number of nitrogens with one attached hydrogen (secondary N) is 1. The van der Waals surface area contributed by atoms with E-state index in [1.807, 2.05) is 41.8 Å². The Bertz CT molecular complexity index is 1290. The molecule has 1 N–H and O–H groups in total. The summed E-state index contributed by atoms with van der Waals surface area (Å²) in [6.45, 7) is 1.37. The molecular weight excluding hydrogens is 421 g/mol.